The van der Waals surface area contributed by atoms with Gasteiger partial charge in [-0.1, -0.05) is 0 Å². The molecule has 0 bridgehead atoms. The Morgan fingerprint density at radius 2 is 2.10 bits per heavy atom. The van der Waals surface area contributed by atoms with E-state index >= 15 is 0 Å². The summed E-state index contributed by atoms with van der Waals surface area (Å²) in [5.41, 5.74) is 2.48. The van der Waals surface area contributed by atoms with Crippen molar-refractivity contribution in [2.75, 3.05) is 0 Å². The Hall–Kier alpha value is -0.591. The fourth-order valence-electron chi connectivity index (χ4n) is 1.07. The molecule has 0 atom stereocenters. The monoisotopic (exact) mass is 198 g/mol. The summed E-state index contributed by atoms with van der Waals surface area (Å²) < 4.78 is 6.21. The summed E-state index contributed by atoms with van der Waals surface area (Å²) in [5.74, 6) is 0. The van der Waals surface area contributed by atoms with Crippen molar-refractivity contribution in [1.29, 1.82) is 0 Å². The Labute approximate surface area is 67.4 Å². The van der Waals surface area contributed by atoms with Crippen LogP contribution in [0.5, 0.6) is 0 Å². The zero-order chi connectivity index (χ0) is 6.97. The number of fused-ring (bicyclic) bond motifs is 1. The zero-order valence-corrected chi connectivity index (χ0v) is 7.05. The fraction of sp³-hybridized carbons (Fsp3) is 0.125. The fourth-order valence-corrected chi connectivity index (χ4v) is 1.61. The van der Waals surface area contributed by atoms with E-state index in [1.807, 2.05) is 12.1 Å². The summed E-state index contributed by atoms with van der Waals surface area (Å²) in [4.78, 5) is 0. The molecule has 0 saturated heterocycles. The number of hydrogen-bond acceptors (Lipinski definition) is 1. The number of rotatable bonds is 0. The Bertz CT molecular complexity index is 280. The zero-order valence-electron chi connectivity index (χ0n) is 5.33. The van der Waals surface area contributed by atoms with Gasteiger partial charge in [0.2, 0.25) is 0 Å². The van der Waals surface area contributed by atoms with Crippen LogP contribution in [0.4, 0.5) is 0 Å². The molecule has 0 unspecified atom stereocenters. The number of hydrogen-bond donors (Lipinski definition) is 0. The molecule has 1 aromatic rings. The van der Waals surface area contributed by atoms with Gasteiger partial charge in [-0.15, -0.1) is 0 Å². The molecule has 0 amide bonds. The van der Waals surface area contributed by atoms with Crippen molar-refractivity contribution in [3.8, 4) is 0 Å². The van der Waals surface area contributed by atoms with E-state index in [1.165, 1.54) is 11.1 Å². The second-order valence-electron chi connectivity index (χ2n) is 2.23. The predicted octanol–water partition coefficient (Wildman–Crippen LogP) is 0.863. The molecule has 1 aliphatic rings. The summed E-state index contributed by atoms with van der Waals surface area (Å²) in [7, 11) is 0. The van der Waals surface area contributed by atoms with E-state index in [4.69, 9.17) is 4.74 Å². The van der Waals surface area contributed by atoms with E-state index in [0.717, 1.165) is 11.2 Å². The van der Waals surface area contributed by atoms with Crippen molar-refractivity contribution in [3.05, 3.63) is 35.4 Å². The van der Waals surface area contributed by atoms with Gasteiger partial charge in [0.15, 0.2) is 0 Å². The molecule has 10 heavy (non-hydrogen) atoms. The van der Waals surface area contributed by atoms with Crippen LogP contribution in [0.2, 0.25) is 0 Å². The molecule has 1 aliphatic heterocycles. The van der Waals surface area contributed by atoms with Gasteiger partial charge in [-0.25, -0.2) is 0 Å². The van der Waals surface area contributed by atoms with Crippen molar-refractivity contribution in [1.82, 2.24) is 0 Å². The van der Waals surface area contributed by atoms with Gasteiger partial charge in [0, 0.05) is 0 Å². The van der Waals surface area contributed by atoms with Crippen molar-refractivity contribution >= 4 is 20.2 Å². The van der Waals surface area contributed by atoms with E-state index in [9.17, 15) is 0 Å². The van der Waals surface area contributed by atoms with Crippen LogP contribution < -0.4 is 0 Å². The summed E-state index contributed by atoms with van der Waals surface area (Å²) in [6.45, 7) is 0.721. The SMILES string of the molecule is [Se]=C1OCc2ccccc21. The molecule has 2 heteroatoms. The van der Waals surface area contributed by atoms with E-state index in [0.29, 0.717) is 0 Å². The second kappa shape index (κ2) is 2.22. The Morgan fingerprint density at radius 1 is 1.30 bits per heavy atom. The molecule has 0 N–H and O–H groups in total. The van der Waals surface area contributed by atoms with E-state index in [-0.39, 0.29) is 0 Å². The Balaban J connectivity index is 2.61. The maximum atomic E-state index is 5.28. The van der Waals surface area contributed by atoms with Gasteiger partial charge in [-0.05, 0) is 0 Å². The van der Waals surface area contributed by atoms with Crippen LogP contribution in [0.25, 0.3) is 0 Å². The first-order valence-corrected chi connectivity index (χ1v) is 3.98. The van der Waals surface area contributed by atoms with E-state index in [1.54, 1.807) is 0 Å². The summed E-state index contributed by atoms with van der Waals surface area (Å²) in [5, 5.41) is 0. The van der Waals surface area contributed by atoms with E-state index < -0.39 is 0 Å². The maximum absolute atomic E-state index is 5.28. The third-order valence-corrected chi connectivity index (χ3v) is 2.30. The second-order valence-corrected chi connectivity index (χ2v) is 3.01. The normalized spacial score (nSPS) is 14.6. The van der Waals surface area contributed by atoms with Gasteiger partial charge < -0.3 is 0 Å². The summed E-state index contributed by atoms with van der Waals surface area (Å²) in [6.07, 6.45) is 0. The van der Waals surface area contributed by atoms with Crippen LogP contribution in [-0.2, 0) is 11.3 Å². The molecule has 50 valence electrons. The van der Waals surface area contributed by atoms with Crippen LogP contribution >= 0.6 is 0 Å². The molecule has 1 heterocycles. The summed E-state index contributed by atoms with van der Waals surface area (Å²) >= 11 is 2.89. The standard InChI is InChI=1S/C8H6OSe/c10-8-7-4-2-1-3-6(7)5-9-8/h1-4H,5H2. The van der Waals surface area contributed by atoms with Gasteiger partial charge in [0.25, 0.3) is 0 Å². The molecule has 1 aromatic carbocycles. The van der Waals surface area contributed by atoms with Gasteiger partial charge in [0.1, 0.15) is 0 Å². The Morgan fingerprint density at radius 3 is 2.90 bits per heavy atom. The van der Waals surface area contributed by atoms with Crippen LogP contribution in [0.1, 0.15) is 11.1 Å². The number of benzene rings is 1. The molecule has 0 fully saturated rings. The minimum absolute atomic E-state index is 0.721. The Kier molecular flexibility index (Phi) is 1.37. The van der Waals surface area contributed by atoms with Crippen LogP contribution in [0, 0.1) is 0 Å². The van der Waals surface area contributed by atoms with Crippen molar-refractivity contribution in [2.24, 2.45) is 0 Å². The van der Waals surface area contributed by atoms with Gasteiger partial charge in [-0.2, -0.15) is 0 Å². The number of ether oxygens (including phenoxy) is 1. The molecule has 0 spiro atoms. The first-order valence-electron chi connectivity index (χ1n) is 3.13. The molecule has 0 aromatic heterocycles. The van der Waals surface area contributed by atoms with Crippen molar-refractivity contribution in [2.45, 2.75) is 6.61 Å². The van der Waals surface area contributed by atoms with Crippen LogP contribution in [0.15, 0.2) is 24.3 Å². The van der Waals surface area contributed by atoms with Gasteiger partial charge in [-0.3, -0.25) is 0 Å². The molecular weight excluding hydrogens is 191 g/mol. The molecule has 0 radical (unpaired) electrons. The summed E-state index contributed by atoms with van der Waals surface area (Å²) in [6, 6.07) is 8.19. The topological polar surface area (TPSA) is 9.23 Å². The van der Waals surface area contributed by atoms with Crippen LogP contribution in [-0.4, -0.2) is 20.2 Å². The van der Waals surface area contributed by atoms with Crippen molar-refractivity contribution in [3.63, 3.8) is 0 Å². The molecule has 2 rings (SSSR count). The van der Waals surface area contributed by atoms with Crippen LogP contribution in [0.3, 0.4) is 0 Å². The average molecular weight is 197 g/mol. The predicted molar refractivity (Wildman–Crippen MR) is 41.1 cm³/mol. The third kappa shape index (κ3) is 0.808. The van der Waals surface area contributed by atoms with E-state index in [2.05, 4.69) is 27.7 Å². The molecular formula is C8H6OSe. The quantitative estimate of drug-likeness (QED) is 0.560. The first kappa shape index (κ1) is 6.14. The minimum atomic E-state index is 0.721. The molecule has 1 nitrogen and oxygen atoms in total. The van der Waals surface area contributed by atoms with Gasteiger partial charge >= 0.3 is 66.9 Å². The van der Waals surface area contributed by atoms with Gasteiger partial charge in [0.05, 0.1) is 0 Å². The average Bonchev–Trinajstić information content (AvgIpc) is 2.34. The first-order chi connectivity index (χ1) is 4.88. The molecule has 0 saturated carbocycles. The van der Waals surface area contributed by atoms with Crippen molar-refractivity contribution < 1.29 is 4.74 Å². The third-order valence-electron chi connectivity index (χ3n) is 1.60. The molecule has 0 aliphatic carbocycles.